The van der Waals surface area contributed by atoms with Gasteiger partial charge in [-0.25, -0.2) is 4.39 Å². The summed E-state index contributed by atoms with van der Waals surface area (Å²) in [4.78, 5) is 16.6. The first-order valence-corrected chi connectivity index (χ1v) is 9.67. The normalized spacial score (nSPS) is 25.3. The molecule has 1 aromatic rings. The monoisotopic (exact) mass is 386 g/mol. The molecule has 1 saturated carbocycles. The maximum atomic E-state index is 13.3. The van der Waals surface area contributed by atoms with Gasteiger partial charge in [-0.15, -0.1) is 0 Å². The number of nitrogens with zero attached hydrogens (tertiary/aromatic N) is 2. The molecular weight excluding hydrogens is 360 g/mol. The van der Waals surface area contributed by atoms with Crippen molar-refractivity contribution in [3.05, 3.63) is 35.6 Å². The van der Waals surface area contributed by atoms with Crippen LogP contribution in [-0.2, 0) is 11.3 Å². The van der Waals surface area contributed by atoms with E-state index < -0.39 is 18.0 Å². The minimum absolute atomic E-state index is 0.0600. The Labute approximate surface area is 157 Å². The predicted octanol–water partition coefficient (Wildman–Crippen LogP) is 4.23. The summed E-state index contributed by atoms with van der Waals surface area (Å²) < 4.78 is 53.0. The van der Waals surface area contributed by atoms with Crippen molar-refractivity contribution in [2.75, 3.05) is 26.2 Å². The summed E-state index contributed by atoms with van der Waals surface area (Å²) in [5, 5.41) is 0. The molecule has 1 amide bonds. The maximum absolute atomic E-state index is 13.3. The third-order valence-electron chi connectivity index (χ3n) is 5.72. The second-order valence-corrected chi connectivity index (χ2v) is 7.62. The largest absolute Gasteiger partial charge is 0.392 e. The molecule has 0 radical (unpaired) electrons. The summed E-state index contributed by atoms with van der Waals surface area (Å²) in [7, 11) is 0. The van der Waals surface area contributed by atoms with Crippen molar-refractivity contribution < 1.29 is 22.4 Å². The first-order chi connectivity index (χ1) is 12.8. The molecule has 0 N–H and O–H groups in total. The molecule has 2 aliphatic rings. The van der Waals surface area contributed by atoms with E-state index in [0.29, 0.717) is 45.4 Å². The number of hydrogen-bond acceptors (Lipinski definition) is 2. The molecule has 1 aliphatic carbocycles. The van der Waals surface area contributed by atoms with E-state index in [4.69, 9.17) is 0 Å². The van der Waals surface area contributed by atoms with Crippen molar-refractivity contribution in [3.8, 4) is 0 Å². The molecule has 2 fully saturated rings. The van der Waals surface area contributed by atoms with Crippen LogP contribution in [-0.4, -0.2) is 48.1 Å². The number of carbonyl (C=O) groups excluding carboxylic acids is 1. The number of rotatable bonds is 3. The van der Waals surface area contributed by atoms with Crippen LogP contribution < -0.4 is 0 Å². The summed E-state index contributed by atoms with van der Waals surface area (Å²) >= 11 is 0. The lowest BCUT2D eigenvalue weighted by Crippen LogP contribution is -2.45. The van der Waals surface area contributed by atoms with Crippen LogP contribution in [0.15, 0.2) is 24.3 Å². The van der Waals surface area contributed by atoms with Gasteiger partial charge in [0.25, 0.3) is 0 Å². The molecule has 0 bridgehead atoms. The van der Waals surface area contributed by atoms with Crippen molar-refractivity contribution in [3.63, 3.8) is 0 Å². The van der Waals surface area contributed by atoms with Crippen LogP contribution in [0.1, 0.15) is 37.7 Å². The highest BCUT2D eigenvalue weighted by atomic mass is 19.4. The van der Waals surface area contributed by atoms with E-state index in [0.717, 1.165) is 18.5 Å². The van der Waals surface area contributed by atoms with E-state index in [1.54, 1.807) is 17.0 Å². The van der Waals surface area contributed by atoms with Crippen LogP contribution in [0, 0.1) is 17.7 Å². The molecule has 2 atom stereocenters. The van der Waals surface area contributed by atoms with E-state index in [-0.39, 0.29) is 18.1 Å². The van der Waals surface area contributed by atoms with Crippen molar-refractivity contribution in [2.45, 2.75) is 44.8 Å². The lowest BCUT2D eigenvalue weighted by Gasteiger charge is -2.35. The number of hydrogen-bond donors (Lipinski definition) is 0. The fraction of sp³-hybridized carbons (Fsp3) is 0.650. The molecule has 3 nitrogen and oxygen atoms in total. The highest BCUT2D eigenvalue weighted by Gasteiger charge is 2.48. The number of benzene rings is 1. The summed E-state index contributed by atoms with van der Waals surface area (Å²) in [6.45, 7) is 2.99. The molecule has 2 unspecified atom stereocenters. The fourth-order valence-corrected chi connectivity index (χ4v) is 4.25. The summed E-state index contributed by atoms with van der Waals surface area (Å²) in [6, 6.07) is 6.31. The van der Waals surface area contributed by atoms with E-state index in [1.165, 1.54) is 12.1 Å². The van der Waals surface area contributed by atoms with Gasteiger partial charge in [0.2, 0.25) is 5.91 Å². The van der Waals surface area contributed by atoms with Crippen molar-refractivity contribution >= 4 is 5.91 Å². The number of amides is 1. The van der Waals surface area contributed by atoms with Gasteiger partial charge in [-0.1, -0.05) is 25.0 Å². The van der Waals surface area contributed by atoms with Crippen LogP contribution in [0.25, 0.3) is 0 Å². The SMILES string of the molecule is O=C(C1CCCCC1C(F)(F)F)N1CCCN(Cc2ccc(F)cc2)CC1. The van der Waals surface area contributed by atoms with Crippen LogP contribution in [0.5, 0.6) is 0 Å². The highest BCUT2D eigenvalue weighted by Crippen LogP contribution is 2.42. The van der Waals surface area contributed by atoms with E-state index in [2.05, 4.69) is 4.90 Å². The molecule has 0 spiro atoms. The van der Waals surface area contributed by atoms with Crippen molar-refractivity contribution in [1.82, 2.24) is 9.80 Å². The van der Waals surface area contributed by atoms with Crippen LogP contribution in [0.4, 0.5) is 17.6 Å². The van der Waals surface area contributed by atoms with Gasteiger partial charge >= 0.3 is 6.18 Å². The minimum Gasteiger partial charge on any atom is -0.341 e. The molecule has 1 aliphatic heterocycles. The third-order valence-corrected chi connectivity index (χ3v) is 5.72. The smallest absolute Gasteiger partial charge is 0.341 e. The zero-order valence-electron chi connectivity index (χ0n) is 15.3. The van der Waals surface area contributed by atoms with Crippen LogP contribution in [0.2, 0.25) is 0 Å². The van der Waals surface area contributed by atoms with Gasteiger partial charge in [-0.3, -0.25) is 9.69 Å². The Kier molecular flexibility index (Phi) is 6.40. The minimum atomic E-state index is -4.30. The number of alkyl halides is 3. The fourth-order valence-electron chi connectivity index (χ4n) is 4.25. The lowest BCUT2D eigenvalue weighted by atomic mass is 9.78. The Hall–Kier alpha value is -1.63. The Morgan fingerprint density at radius 3 is 2.37 bits per heavy atom. The average Bonchev–Trinajstić information content (AvgIpc) is 2.88. The Balaban J connectivity index is 1.59. The van der Waals surface area contributed by atoms with Gasteiger partial charge < -0.3 is 4.90 Å². The quantitative estimate of drug-likeness (QED) is 0.726. The summed E-state index contributed by atoms with van der Waals surface area (Å²) in [6.07, 6.45) is -1.95. The Bertz CT molecular complexity index is 632. The third kappa shape index (κ3) is 5.21. The molecule has 150 valence electrons. The van der Waals surface area contributed by atoms with E-state index in [1.807, 2.05) is 0 Å². The van der Waals surface area contributed by atoms with Crippen LogP contribution >= 0.6 is 0 Å². The standard InChI is InChI=1S/C20H26F4N2O/c21-16-8-6-15(7-9-16)14-25-10-3-11-26(13-12-25)19(27)17-4-1-2-5-18(17)20(22,23)24/h6-9,17-18H,1-5,10-14H2. The second kappa shape index (κ2) is 8.59. The highest BCUT2D eigenvalue weighted by molar-refractivity contribution is 5.79. The van der Waals surface area contributed by atoms with Crippen LogP contribution in [0.3, 0.4) is 0 Å². The zero-order valence-corrected chi connectivity index (χ0v) is 15.3. The first kappa shape index (κ1) is 20.1. The molecule has 27 heavy (non-hydrogen) atoms. The average molecular weight is 386 g/mol. The Morgan fingerprint density at radius 1 is 0.963 bits per heavy atom. The van der Waals surface area contributed by atoms with Gasteiger partial charge in [0.15, 0.2) is 0 Å². The molecule has 0 aromatic heterocycles. The van der Waals surface area contributed by atoms with Crippen molar-refractivity contribution in [2.24, 2.45) is 11.8 Å². The topological polar surface area (TPSA) is 23.6 Å². The summed E-state index contributed by atoms with van der Waals surface area (Å²) in [5.74, 6) is -3.04. The first-order valence-electron chi connectivity index (χ1n) is 9.67. The zero-order chi connectivity index (χ0) is 19.4. The second-order valence-electron chi connectivity index (χ2n) is 7.62. The van der Waals surface area contributed by atoms with Gasteiger partial charge in [0, 0.05) is 38.6 Å². The van der Waals surface area contributed by atoms with Gasteiger partial charge in [-0.05, 0) is 37.0 Å². The van der Waals surface area contributed by atoms with E-state index >= 15 is 0 Å². The van der Waals surface area contributed by atoms with Gasteiger partial charge in [0.1, 0.15) is 5.82 Å². The molecule has 3 rings (SSSR count). The van der Waals surface area contributed by atoms with Gasteiger partial charge in [-0.2, -0.15) is 13.2 Å². The molecule has 1 aromatic carbocycles. The molecule has 7 heteroatoms. The number of halogens is 4. The molecular formula is C20H26F4N2O. The van der Waals surface area contributed by atoms with Gasteiger partial charge in [0.05, 0.1) is 5.92 Å². The predicted molar refractivity (Wildman–Crippen MR) is 94.4 cm³/mol. The van der Waals surface area contributed by atoms with E-state index in [9.17, 15) is 22.4 Å². The maximum Gasteiger partial charge on any atom is 0.392 e. The van der Waals surface area contributed by atoms with Crippen molar-refractivity contribution in [1.29, 1.82) is 0 Å². The lowest BCUT2D eigenvalue weighted by molar-refractivity contribution is -0.200. The number of carbonyl (C=O) groups is 1. The summed E-state index contributed by atoms with van der Waals surface area (Å²) in [5.41, 5.74) is 0.987. The molecule has 1 heterocycles. The molecule has 1 saturated heterocycles. The Morgan fingerprint density at radius 2 is 1.67 bits per heavy atom.